The molecule has 2 fully saturated rings. The molecule has 0 saturated carbocycles. The molecule has 24 heavy (non-hydrogen) atoms. The van der Waals surface area contributed by atoms with Gasteiger partial charge in [0.25, 0.3) is 0 Å². The van der Waals surface area contributed by atoms with Gasteiger partial charge in [-0.3, -0.25) is 4.79 Å². The number of fused-ring (bicyclic) bond motifs is 2. The maximum atomic E-state index is 12.2. The van der Waals surface area contributed by atoms with Gasteiger partial charge in [0, 0.05) is 31.7 Å². The number of hydrogen-bond acceptors (Lipinski definition) is 3. The highest BCUT2D eigenvalue weighted by atomic mass is 35.5. The molecule has 2 atom stereocenters. The predicted octanol–water partition coefficient (Wildman–Crippen LogP) is 3.18. The first-order valence-corrected chi connectivity index (χ1v) is 8.91. The zero-order valence-corrected chi connectivity index (χ0v) is 15.2. The summed E-state index contributed by atoms with van der Waals surface area (Å²) in [4.78, 5) is 12.2. The van der Waals surface area contributed by atoms with Crippen molar-refractivity contribution in [1.82, 2.24) is 10.6 Å². The number of piperidine rings is 1. The molecule has 1 amide bonds. The smallest absolute Gasteiger partial charge is 0.220 e. The molecule has 2 aliphatic rings. The number of carbonyl (C=O) groups is 1. The minimum Gasteiger partial charge on any atom is -0.377 e. The van der Waals surface area contributed by atoms with Gasteiger partial charge in [-0.15, -0.1) is 12.4 Å². The lowest BCUT2D eigenvalue weighted by atomic mass is 9.89. The molecule has 2 aliphatic heterocycles. The van der Waals surface area contributed by atoms with E-state index in [4.69, 9.17) is 4.74 Å². The maximum absolute atomic E-state index is 12.2. The third-order valence-corrected chi connectivity index (χ3v) is 5.03. The molecule has 2 saturated heterocycles. The SMILES string of the molecule is CCOCc1ccc(CNC(=O)CC2CC3CCC(C2)N3)cc1.Cl. The van der Waals surface area contributed by atoms with Crippen LogP contribution in [-0.4, -0.2) is 24.6 Å². The Morgan fingerprint density at radius 1 is 1.17 bits per heavy atom. The van der Waals surface area contributed by atoms with Gasteiger partial charge in [-0.2, -0.15) is 0 Å². The van der Waals surface area contributed by atoms with Gasteiger partial charge in [-0.05, 0) is 49.7 Å². The van der Waals surface area contributed by atoms with Gasteiger partial charge >= 0.3 is 0 Å². The normalized spacial score (nSPS) is 25.1. The average Bonchev–Trinajstić information content (AvgIpc) is 2.90. The van der Waals surface area contributed by atoms with Crippen molar-refractivity contribution in [1.29, 1.82) is 0 Å². The van der Waals surface area contributed by atoms with Gasteiger partial charge in [0.2, 0.25) is 5.91 Å². The third-order valence-electron chi connectivity index (χ3n) is 5.03. The summed E-state index contributed by atoms with van der Waals surface area (Å²) < 4.78 is 5.39. The summed E-state index contributed by atoms with van der Waals surface area (Å²) >= 11 is 0. The van der Waals surface area contributed by atoms with Crippen molar-refractivity contribution < 1.29 is 9.53 Å². The lowest BCUT2D eigenvalue weighted by Gasteiger charge is -2.28. The Balaban J connectivity index is 0.00000208. The average molecular weight is 353 g/mol. The molecule has 1 aromatic carbocycles. The summed E-state index contributed by atoms with van der Waals surface area (Å²) in [5.41, 5.74) is 2.32. The van der Waals surface area contributed by atoms with Crippen LogP contribution in [0.3, 0.4) is 0 Å². The van der Waals surface area contributed by atoms with Crippen LogP contribution >= 0.6 is 12.4 Å². The fourth-order valence-corrected chi connectivity index (χ4v) is 3.85. The van der Waals surface area contributed by atoms with E-state index in [-0.39, 0.29) is 18.3 Å². The van der Waals surface area contributed by atoms with Crippen molar-refractivity contribution >= 4 is 18.3 Å². The van der Waals surface area contributed by atoms with E-state index in [1.165, 1.54) is 18.4 Å². The van der Waals surface area contributed by atoms with Crippen LogP contribution in [0.25, 0.3) is 0 Å². The summed E-state index contributed by atoms with van der Waals surface area (Å²) in [6.07, 6.45) is 5.58. The minimum absolute atomic E-state index is 0. The Kier molecular flexibility index (Phi) is 7.53. The Hall–Kier alpha value is -1.10. The van der Waals surface area contributed by atoms with Gasteiger partial charge in [0.15, 0.2) is 0 Å². The number of hydrogen-bond donors (Lipinski definition) is 2. The van der Waals surface area contributed by atoms with E-state index in [1.807, 2.05) is 6.92 Å². The third kappa shape index (κ3) is 5.47. The van der Waals surface area contributed by atoms with Gasteiger partial charge in [-0.25, -0.2) is 0 Å². The second-order valence-corrected chi connectivity index (χ2v) is 6.91. The van der Waals surface area contributed by atoms with E-state index in [0.29, 0.717) is 37.6 Å². The fourth-order valence-electron chi connectivity index (χ4n) is 3.85. The molecule has 1 aromatic rings. The topological polar surface area (TPSA) is 50.4 Å². The van der Waals surface area contributed by atoms with Crippen LogP contribution in [0.4, 0.5) is 0 Å². The maximum Gasteiger partial charge on any atom is 0.220 e. The van der Waals surface area contributed by atoms with Crippen LogP contribution in [0.2, 0.25) is 0 Å². The van der Waals surface area contributed by atoms with E-state index < -0.39 is 0 Å². The Labute approximate surface area is 151 Å². The first-order valence-electron chi connectivity index (χ1n) is 8.91. The zero-order chi connectivity index (χ0) is 16.1. The molecule has 0 aliphatic carbocycles. The fraction of sp³-hybridized carbons (Fsp3) is 0.632. The lowest BCUT2D eigenvalue weighted by Crippen LogP contribution is -2.39. The van der Waals surface area contributed by atoms with Gasteiger partial charge in [-0.1, -0.05) is 24.3 Å². The first-order chi connectivity index (χ1) is 11.2. The summed E-state index contributed by atoms with van der Waals surface area (Å²) in [6, 6.07) is 9.59. The largest absolute Gasteiger partial charge is 0.377 e. The van der Waals surface area contributed by atoms with Crippen molar-refractivity contribution in [2.24, 2.45) is 5.92 Å². The van der Waals surface area contributed by atoms with Gasteiger partial charge in [0.1, 0.15) is 0 Å². The van der Waals surface area contributed by atoms with E-state index in [0.717, 1.165) is 25.0 Å². The molecule has 2 unspecified atom stereocenters. The molecule has 2 bridgehead atoms. The monoisotopic (exact) mass is 352 g/mol. The van der Waals surface area contributed by atoms with Crippen molar-refractivity contribution in [2.75, 3.05) is 6.61 Å². The van der Waals surface area contributed by atoms with Crippen LogP contribution < -0.4 is 10.6 Å². The molecule has 2 heterocycles. The number of carbonyl (C=O) groups excluding carboxylic acids is 1. The number of halogens is 1. The predicted molar refractivity (Wildman–Crippen MR) is 98.2 cm³/mol. The zero-order valence-electron chi connectivity index (χ0n) is 14.4. The van der Waals surface area contributed by atoms with E-state index in [9.17, 15) is 4.79 Å². The Bertz CT molecular complexity index is 509. The van der Waals surface area contributed by atoms with Gasteiger partial charge in [0.05, 0.1) is 6.61 Å². The van der Waals surface area contributed by atoms with Crippen LogP contribution in [0.15, 0.2) is 24.3 Å². The summed E-state index contributed by atoms with van der Waals surface area (Å²) in [5.74, 6) is 0.747. The quantitative estimate of drug-likeness (QED) is 0.792. The molecule has 2 N–H and O–H groups in total. The lowest BCUT2D eigenvalue weighted by molar-refractivity contribution is -0.122. The van der Waals surface area contributed by atoms with Crippen molar-refractivity contribution in [3.05, 3.63) is 35.4 Å². The van der Waals surface area contributed by atoms with E-state index in [2.05, 4.69) is 34.9 Å². The highest BCUT2D eigenvalue weighted by Crippen LogP contribution is 2.32. The first kappa shape index (κ1) is 19.2. The second-order valence-electron chi connectivity index (χ2n) is 6.91. The van der Waals surface area contributed by atoms with Gasteiger partial charge < -0.3 is 15.4 Å². The molecule has 5 heteroatoms. The number of ether oxygens (including phenoxy) is 1. The van der Waals surface area contributed by atoms with Crippen LogP contribution in [0.5, 0.6) is 0 Å². The Morgan fingerprint density at radius 3 is 2.42 bits per heavy atom. The van der Waals surface area contributed by atoms with Crippen molar-refractivity contribution in [3.8, 4) is 0 Å². The number of amides is 1. The highest BCUT2D eigenvalue weighted by Gasteiger charge is 2.34. The highest BCUT2D eigenvalue weighted by molar-refractivity contribution is 5.85. The molecule has 0 aromatic heterocycles. The van der Waals surface area contributed by atoms with Crippen LogP contribution in [-0.2, 0) is 22.7 Å². The summed E-state index contributed by atoms with van der Waals surface area (Å²) in [6.45, 7) is 4.00. The van der Waals surface area contributed by atoms with Crippen molar-refractivity contribution in [2.45, 2.75) is 64.3 Å². The molecule has 4 nitrogen and oxygen atoms in total. The molecule has 3 rings (SSSR count). The number of nitrogens with one attached hydrogen (secondary N) is 2. The summed E-state index contributed by atoms with van der Waals surface area (Å²) in [5, 5.41) is 6.70. The summed E-state index contributed by atoms with van der Waals surface area (Å²) in [7, 11) is 0. The van der Waals surface area contributed by atoms with E-state index in [1.54, 1.807) is 0 Å². The second kappa shape index (κ2) is 9.40. The van der Waals surface area contributed by atoms with Crippen molar-refractivity contribution in [3.63, 3.8) is 0 Å². The molecular formula is C19H29ClN2O2. The minimum atomic E-state index is 0. The molecular weight excluding hydrogens is 324 g/mol. The Morgan fingerprint density at radius 2 is 1.79 bits per heavy atom. The number of rotatable bonds is 7. The molecule has 134 valence electrons. The van der Waals surface area contributed by atoms with E-state index >= 15 is 0 Å². The standard InChI is InChI=1S/C19H28N2O2.ClH/c1-2-23-13-15-5-3-14(4-6-15)12-20-19(22)11-16-9-17-7-8-18(10-16)21-17;/h3-6,16-18,21H,2,7-13H2,1H3,(H,20,22);1H. The van der Waals surface area contributed by atoms with Crippen LogP contribution in [0, 0.1) is 5.92 Å². The number of benzene rings is 1. The molecule has 0 radical (unpaired) electrons. The molecule has 0 spiro atoms. The van der Waals surface area contributed by atoms with Crippen LogP contribution in [0.1, 0.15) is 50.2 Å².